The molecule has 0 bridgehead atoms. The van der Waals surface area contributed by atoms with E-state index in [-0.39, 0.29) is 0 Å². The summed E-state index contributed by atoms with van der Waals surface area (Å²) in [6.07, 6.45) is 0.898. The maximum absolute atomic E-state index is 5.10. The van der Waals surface area contributed by atoms with Crippen LogP contribution in [0.2, 0.25) is 0 Å². The van der Waals surface area contributed by atoms with Crippen LogP contribution in [-0.4, -0.2) is 30.2 Å². The number of ether oxygens (including phenoxy) is 1. The van der Waals surface area contributed by atoms with Crippen LogP contribution in [0.1, 0.15) is 17.5 Å². The number of methoxy groups -OCH3 is 1. The van der Waals surface area contributed by atoms with Crippen LogP contribution in [0.4, 0.5) is 17.5 Å². The first-order valence-electron chi connectivity index (χ1n) is 9.17. The fourth-order valence-corrected chi connectivity index (χ4v) is 2.73. The van der Waals surface area contributed by atoms with E-state index >= 15 is 0 Å². The number of anilines is 3. The van der Waals surface area contributed by atoms with Gasteiger partial charge < -0.3 is 15.4 Å². The zero-order valence-electron chi connectivity index (χ0n) is 16.1. The quantitative estimate of drug-likeness (QED) is 0.555. The van der Waals surface area contributed by atoms with Crippen LogP contribution in [0, 0.1) is 13.8 Å². The number of nitrogens with one attached hydrogen (secondary N) is 2. The molecule has 1 heterocycles. The smallest absolute Gasteiger partial charge is 0.225 e. The highest BCUT2D eigenvalue weighted by molar-refractivity contribution is 5.67. The molecule has 0 aliphatic heterocycles. The number of benzene rings is 2. The predicted octanol–water partition coefficient (Wildman–Crippen LogP) is 4.95. The van der Waals surface area contributed by atoms with E-state index in [9.17, 15) is 0 Å². The van der Waals surface area contributed by atoms with Crippen molar-refractivity contribution in [1.29, 1.82) is 0 Å². The number of aromatic nitrogens is 2. The third-order valence-electron chi connectivity index (χ3n) is 4.38. The molecule has 0 saturated heterocycles. The Labute approximate surface area is 160 Å². The van der Waals surface area contributed by atoms with Gasteiger partial charge in [0.25, 0.3) is 0 Å². The normalized spacial score (nSPS) is 10.6. The Bertz CT molecular complexity index is 881. The predicted molar refractivity (Wildman–Crippen MR) is 112 cm³/mol. The second-order valence-corrected chi connectivity index (χ2v) is 6.53. The molecule has 2 aromatic carbocycles. The topological polar surface area (TPSA) is 59.1 Å². The molecule has 3 rings (SSSR count). The highest BCUT2D eigenvalue weighted by Gasteiger charge is 2.07. The van der Waals surface area contributed by atoms with Crippen molar-refractivity contribution >= 4 is 17.5 Å². The summed E-state index contributed by atoms with van der Waals surface area (Å²) < 4.78 is 5.10. The van der Waals surface area contributed by atoms with E-state index in [0.29, 0.717) is 12.6 Å². The van der Waals surface area contributed by atoms with Crippen molar-refractivity contribution in [2.24, 2.45) is 0 Å². The van der Waals surface area contributed by atoms with E-state index in [0.717, 1.165) is 35.7 Å². The van der Waals surface area contributed by atoms with Gasteiger partial charge in [0.1, 0.15) is 5.82 Å². The van der Waals surface area contributed by atoms with Gasteiger partial charge in [0, 0.05) is 37.6 Å². The second-order valence-electron chi connectivity index (χ2n) is 6.53. The van der Waals surface area contributed by atoms with Crippen LogP contribution in [0.15, 0.2) is 54.6 Å². The summed E-state index contributed by atoms with van der Waals surface area (Å²) >= 11 is 0. The third-order valence-corrected chi connectivity index (χ3v) is 4.38. The molecule has 5 nitrogen and oxygen atoms in total. The standard InChI is InChI=1S/C22H26N4O/c1-16-10-11-19(14-17(16)2)24-21-15-20(18-8-5-4-6-9-18)25-22(26-21)23-12-7-13-27-3/h4-6,8-11,14-15H,7,12-13H2,1-3H3,(H2,23,24,25,26). The monoisotopic (exact) mass is 362 g/mol. The van der Waals surface area contributed by atoms with Crippen LogP contribution in [-0.2, 0) is 4.74 Å². The third kappa shape index (κ3) is 5.28. The summed E-state index contributed by atoms with van der Waals surface area (Å²) in [6, 6.07) is 18.4. The van der Waals surface area contributed by atoms with Gasteiger partial charge in [-0.3, -0.25) is 0 Å². The Morgan fingerprint density at radius 3 is 2.48 bits per heavy atom. The first-order chi connectivity index (χ1) is 13.2. The molecule has 0 saturated carbocycles. The van der Waals surface area contributed by atoms with Crippen LogP contribution >= 0.6 is 0 Å². The largest absolute Gasteiger partial charge is 0.385 e. The molecule has 5 heteroatoms. The fraction of sp³-hybridized carbons (Fsp3) is 0.273. The maximum atomic E-state index is 5.10. The maximum Gasteiger partial charge on any atom is 0.225 e. The summed E-state index contributed by atoms with van der Waals surface area (Å²) in [5, 5.41) is 6.70. The highest BCUT2D eigenvalue weighted by Crippen LogP contribution is 2.24. The molecule has 0 atom stereocenters. The van der Waals surface area contributed by atoms with Crippen LogP contribution in [0.5, 0.6) is 0 Å². The van der Waals surface area contributed by atoms with Gasteiger partial charge in [0.05, 0.1) is 5.69 Å². The van der Waals surface area contributed by atoms with E-state index in [4.69, 9.17) is 4.74 Å². The van der Waals surface area contributed by atoms with Gasteiger partial charge in [-0.25, -0.2) is 4.98 Å². The molecular weight excluding hydrogens is 336 g/mol. The minimum atomic E-state index is 0.610. The highest BCUT2D eigenvalue weighted by atomic mass is 16.5. The van der Waals surface area contributed by atoms with E-state index in [2.05, 4.69) is 64.8 Å². The van der Waals surface area contributed by atoms with Gasteiger partial charge in [0.15, 0.2) is 0 Å². The summed E-state index contributed by atoms with van der Waals surface area (Å²) in [4.78, 5) is 9.30. The molecule has 0 amide bonds. The first-order valence-corrected chi connectivity index (χ1v) is 9.17. The Morgan fingerprint density at radius 2 is 1.74 bits per heavy atom. The number of hydrogen-bond donors (Lipinski definition) is 2. The number of hydrogen-bond acceptors (Lipinski definition) is 5. The first kappa shape index (κ1) is 18.9. The average Bonchev–Trinajstić information content (AvgIpc) is 2.69. The Balaban J connectivity index is 1.87. The summed E-state index contributed by atoms with van der Waals surface area (Å²) in [5.41, 5.74) is 5.47. The molecule has 27 heavy (non-hydrogen) atoms. The SMILES string of the molecule is COCCCNc1nc(Nc2ccc(C)c(C)c2)cc(-c2ccccc2)n1. The molecule has 140 valence electrons. The van der Waals surface area contributed by atoms with Crippen molar-refractivity contribution in [3.05, 3.63) is 65.7 Å². The molecule has 0 aliphatic carbocycles. The van der Waals surface area contributed by atoms with Crippen molar-refractivity contribution < 1.29 is 4.74 Å². The lowest BCUT2D eigenvalue weighted by atomic mass is 10.1. The van der Waals surface area contributed by atoms with E-state index < -0.39 is 0 Å². The van der Waals surface area contributed by atoms with Gasteiger partial charge in [-0.15, -0.1) is 0 Å². The van der Waals surface area contributed by atoms with Crippen molar-refractivity contribution in [3.63, 3.8) is 0 Å². The molecule has 3 aromatic rings. The van der Waals surface area contributed by atoms with Gasteiger partial charge in [0.2, 0.25) is 5.95 Å². The van der Waals surface area contributed by atoms with Gasteiger partial charge in [-0.05, 0) is 43.5 Å². The van der Waals surface area contributed by atoms with E-state index in [1.807, 2.05) is 24.3 Å². The van der Waals surface area contributed by atoms with Gasteiger partial charge in [-0.1, -0.05) is 36.4 Å². The second kappa shape index (κ2) is 9.14. The molecule has 0 radical (unpaired) electrons. The Morgan fingerprint density at radius 1 is 0.926 bits per heavy atom. The summed E-state index contributed by atoms with van der Waals surface area (Å²) in [5.74, 6) is 1.38. The van der Waals surface area contributed by atoms with Crippen LogP contribution in [0.25, 0.3) is 11.3 Å². The molecule has 1 aromatic heterocycles. The van der Waals surface area contributed by atoms with Gasteiger partial charge >= 0.3 is 0 Å². The average molecular weight is 362 g/mol. The minimum absolute atomic E-state index is 0.610. The lowest BCUT2D eigenvalue weighted by molar-refractivity contribution is 0.197. The Kier molecular flexibility index (Phi) is 6.39. The number of rotatable bonds is 8. The molecule has 0 unspecified atom stereocenters. The molecular formula is C22H26N4O. The Hall–Kier alpha value is -2.92. The fourth-order valence-electron chi connectivity index (χ4n) is 2.73. The van der Waals surface area contributed by atoms with Crippen molar-refractivity contribution in [3.8, 4) is 11.3 Å². The van der Waals surface area contributed by atoms with Crippen molar-refractivity contribution in [2.45, 2.75) is 20.3 Å². The lowest BCUT2D eigenvalue weighted by Gasteiger charge is -2.12. The molecule has 0 aliphatic rings. The number of aryl methyl sites for hydroxylation is 2. The molecule has 0 spiro atoms. The van der Waals surface area contributed by atoms with Crippen LogP contribution in [0.3, 0.4) is 0 Å². The summed E-state index contributed by atoms with van der Waals surface area (Å²) in [6.45, 7) is 5.69. The summed E-state index contributed by atoms with van der Waals surface area (Å²) in [7, 11) is 1.71. The minimum Gasteiger partial charge on any atom is -0.385 e. The van der Waals surface area contributed by atoms with Crippen molar-refractivity contribution in [1.82, 2.24) is 9.97 Å². The van der Waals surface area contributed by atoms with Crippen molar-refractivity contribution in [2.75, 3.05) is 30.9 Å². The van der Waals surface area contributed by atoms with E-state index in [1.54, 1.807) is 7.11 Å². The van der Waals surface area contributed by atoms with Gasteiger partial charge in [-0.2, -0.15) is 4.98 Å². The zero-order valence-corrected chi connectivity index (χ0v) is 16.1. The number of nitrogens with zero attached hydrogens (tertiary/aromatic N) is 2. The molecule has 0 fully saturated rings. The zero-order chi connectivity index (χ0) is 19.1. The van der Waals surface area contributed by atoms with E-state index in [1.165, 1.54) is 11.1 Å². The van der Waals surface area contributed by atoms with Crippen LogP contribution < -0.4 is 10.6 Å². The lowest BCUT2D eigenvalue weighted by Crippen LogP contribution is -2.09. The molecule has 2 N–H and O–H groups in total.